The van der Waals surface area contributed by atoms with Gasteiger partial charge in [0.25, 0.3) is 0 Å². The number of nitrogens with one attached hydrogen (secondary N) is 1. The molecule has 0 aliphatic rings. The largest absolute Gasteiger partial charge is 0.396 e. The van der Waals surface area contributed by atoms with Crippen molar-refractivity contribution in [2.24, 2.45) is 5.92 Å². The van der Waals surface area contributed by atoms with Gasteiger partial charge in [0.05, 0.1) is 0 Å². The van der Waals surface area contributed by atoms with E-state index < -0.39 is 0 Å². The van der Waals surface area contributed by atoms with E-state index >= 15 is 0 Å². The molecular weight excluding hydrogens is 234 g/mol. The predicted octanol–water partition coefficient (Wildman–Crippen LogP) is 2.16. The van der Waals surface area contributed by atoms with Crippen LogP contribution in [0.4, 0.5) is 5.69 Å². The quantitative estimate of drug-likeness (QED) is 0.817. The minimum Gasteiger partial charge on any atom is -0.396 e. The van der Waals surface area contributed by atoms with Gasteiger partial charge >= 0.3 is 0 Å². The molecule has 0 aromatic heterocycles. The van der Waals surface area contributed by atoms with Crippen LogP contribution in [0.5, 0.6) is 0 Å². The van der Waals surface area contributed by atoms with Crippen LogP contribution in [0.15, 0.2) is 24.3 Å². The number of amides is 1. The number of benzene rings is 1. The average Bonchev–Trinajstić information content (AvgIpc) is 2.32. The van der Waals surface area contributed by atoms with E-state index in [4.69, 9.17) is 5.11 Å². The summed E-state index contributed by atoms with van der Waals surface area (Å²) in [6.45, 7) is 2.07. The smallest absolute Gasteiger partial charge is 0.228 e. The van der Waals surface area contributed by atoms with Gasteiger partial charge in [0.2, 0.25) is 5.91 Å². The molecule has 1 atom stereocenters. The second kappa shape index (κ2) is 7.35. The number of hydrogen-bond donors (Lipinski definition) is 2. The third-order valence-corrected chi connectivity index (χ3v) is 3.32. The average molecular weight is 253 g/mol. The molecule has 0 radical (unpaired) electrons. The number of rotatable bonds is 6. The summed E-state index contributed by atoms with van der Waals surface area (Å²) in [6, 6.07) is 7.58. The van der Waals surface area contributed by atoms with E-state index in [1.165, 1.54) is 0 Å². The van der Waals surface area contributed by atoms with Crippen LogP contribution in [0.25, 0.3) is 0 Å². The minimum atomic E-state index is 0.0159. The number of hydrogen-bond acceptors (Lipinski definition) is 3. The van der Waals surface area contributed by atoms with E-state index in [-0.39, 0.29) is 18.4 Å². The second-order valence-electron chi connectivity index (χ2n) is 4.02. The summed E-state index contributed by atoms with van der Waals surface area (Å²) in [5, 5.41) is 11.7. The Kier molecular flexibility index (Phi) is 6.08. The molecule has 3 nitrogen and oxygen atoms in total. The maximum atomic E-state index is 11.7. The number of thioether (sulfide) groups is 1. The minimum absolute atomic E-state index is 0.0159. The molecule has 0 saturated carbocycles. The molecule has 94 valence electrons. The lowest BCUT2D eigenvalue weighted by Crippen LogP contribution is -2.21. The third kappa shape index (κ3) is 4.79. The van der Waals surface area contributed by atoms with Crippen molar-refractivity contribution < 1.29 is 9.90 Å². The zero-order valence-corrected chi connectivity index (χ0v) is 11.1. The van der Waals surface area contributed by atoms with Crippen molar-refractivity contribution in [3.05, 3.63) is 29.8 Å². The van der Waals surface area contributed by atoms with Crippen LogP contribution in [0.1, 0.15) is 12.5 Å². The lowest BCUT2D eigenvalue weighted by molar-refractivity contribution is -0.118. The van der Waals surface area contributed by atoms with E-state index in [0.29, 0.717) is 6.42 Å². The Morgan fingerprint density at radius 3 is 2.59 bits per heavy atom. The maximum absolute atomic E-state index is 11.7. The molecule has 4 heteroatoms. The SMILES string of the molecule is CSCC(C)C(=O)Nc1ccc(CCO)cc1. The van der Waals surface area contributed by atoms with Crippen molar-refractivity contribution in [3.63, 3.8) is 0 Å². The van der Waals surface area contributed by atoms with Crippen LogP contribution in [-0.2, 0) is 11.2 Å². The number of anilines is 1. The summed E-state index contributed by atoms with van der Waals surface area (Å²) in [7, 11) is 0. The standard InChI is InChI=1S/C13H19NO2S/c1-10(9-17-2)13(16)14-12-5-3-11(4-6-12)7-8-15/h3-6,10,15H,7-9H2,1-2H3,(H,14,16). The topological polar surface area (TPSA) is 49.3 Å². The molecule has 0 aliphatic carbocycles. The fourth-order valence-electron chi connectivity index (χ4n) is 1.47. The van der Waals surface area contributed by atoms with Crippen molar-refractivity contribution in [1.29, 1.82) is 0 Å². The molecule has 0 fully saturated rings. The third-order valence-electron chi connectivity index (χ3n) is 2.49. The van der Waals surface area contributed by atoms with E-state index in [1.807, 2.05) is 37.4 Å². The number of carbonyl (C=O) groups is 1. The van der Waals surface area contributed by atoms with Crippen LogP contribution >= 0.6 is 11.8 Å². The zero-order chi connectivity index (χ0) is 12.7. The van der Waals surface area contributed by atoms with Crippen molar-refractivity contribution in [2.75, 3.05) is 23.9 Å². The fraction of sp³-hybridized carbons (Fsp3) is 0.462. The first-order valence-electron chi connectivity index (χ1n) is 5.67. The van der Waals surface area contributed by atoms with Gasteiger partial charge in [-0.2, -0.15) is 11.8 Å². The number of aliphatic hydroxyl groups excluding tert-OH is 1. The first kappa shape index (κ1) is 14.1. The Hall–Kier alpha value is -1.00. The summed E-state index contributed by atoms with van der Waals surface area (Å²) in [6.07, 6.45) is 2.64. The van der Waals surface area contributed by atoms with Crippen LogP contribution < -0.4 is 5.32 Å². The first-order valence-corrected chi connectivity index (χ1v) is 7.06. The lowest BCUT2D eigenvalue weighted by atomic mass is 10.1. The molecule has 1 rings (SSSR count). The molecule has 2 N–H and O–H groups in total. The molecular formula is C13H19NO2S. The van der Waals surface area contributed by atoms with Crippen molar-refractivity contribution in [3.8, 4) is 0 Å². The molecule has 1 aromatic carbocycles. The Balaban J connectivity index is 2.53. The van der Waals surface area contributed by atoms with Crippen molar-refractivity contribution in [2.45, 2.75) is 13.3 Å². The summed E-state index contributed by atoms with van der Waals surface area (Å²) in [5.41, 5.74) is 1.88. The van der Waals surface area contributed by atoms with Gasteiger partial charge in [-0.1, -0.05) is 19.1 Å². The molecule has 0 spiro atoms. The van der Waals surface area contributed by atoms with E-state index in [9.17, 15) is 4.79 Å². The van der Waals surface area contributed by atoms with Crippen molar-refractivity contribution in [1.82, 2.24) is 0 Å². The highest BCUT2D eigenvalue weighted by Gasteiger charge is 2.11. The molecule has 1 aromatic rings. The Labute approximate surface area is 107 Å². The van der Waals surface area contributed by atoms with Gasteiger partial charge in [-0.15, -0.1) is 0 Å². The molecule has 0 bridgehead atoms. The maximum Gasteiger partial charge on any atom is 0.228 e. The molecule has 1 amide bonds. The molecule has 17 heavy (non-hydrogen) atoms. The molecule has 0 aliphatic heterocycles. The van der Waals surface area contributed by atoms with E-state index in [0.717, 1.165) is 17.0 Å². The monoisotopic (exact) mass is 253 g/mol. The Morgan fingerprint density at radius 1 is 1.41 bits per heavy atom. The van der Waals surface area contributed by atoms with Crippen LogP contribution in [-0.4, -0.2) is 29.6 Å². The molecule has 0 heterocycles. The summed E-state index contributed by atoms with van der Waals surface area (Å²) in [4.78, 5) is 11.7. The van der Waals surface area contributed by atoms with Gasteiger partial charge in [-0.05, 0) is 30.4 Å². The van der Waals surface area contributed by atoms with Gasteiger partial charge in [-0.25, -0.2) is 0 Å². The van der Waals surface area contributed by atoms with Crippen LogP contribution in [0.3, 0.4) is 0 Å². The van der Waals surface area contributed by atoms with Gasteiger partial charge in [0.15, 0.2) is 0 Å². The van der Waals surface area contributed by atoms with Gasteiger partial charge < -0.3 is 10.4 Å². The lowest BCUT2D eigenvalue weighted by Gasteiger charge is -2.11. The van der Waals surface area contributed by atoms with Crippen LogP contribution in [0, 0.1) is 5.92 Å². The highest BCUT2D eigenvalue weighted by atomic mass is 32.2. The summed E-state index contributed by atoms with van der Waals surface area (Å²) >= 11 is 1.67. The van der Waals surface area contributed by atoms with Crippen molar-refractivity contribution >= 4 is 23.4 Å². The second-order valence-corrected chi connectivity index (χ2v) is 4.93. The van der Waals surface area contributed by atoms with Gasteiger partial charge in [0.1, 0.15) is 0 Å². The fourth-order valence-corrected chi connectivity index (χ4v) is 2.13. The highest BCUT2D eigenvalue weighted by Crippen LogP contribution is 2.12. The number of carbonyl (C=O) groups excluding carboxylic acids is 1. The Morgan fingerprint density at radius 2 is 2.06 bits per heavy atom. The normalized spacial score (nSPS) is 12.2. The Bertz CT molecular complexity index is 351. The molecule has 0 saturated heterocycles. The summed E-state index contributed by atoms with van der Waals surface area (Å²) < 4.78 is 0. The van der Waals surface area contributed by atoms with Crippen LogP contribution in [0.2, 0.25) is 0 Å². The van der Waals surface area contributed by atoms with Gasteiger partial charge in [0, 0.05) is 24.0 Å². The first-order chi connectivity index (χ1) is 8.17. The van der Waals surface area contributed by atoms with E-state index in [1.54, 1.807) is 11.8 Å². The molecule has 1 unspecified atom stereocenters. The summed E-state index contributed by atoms with van der Waals surface area (Å²) in [5.74, 6) is 0.894. The van der Waals surface area contributed by atoms with E-state index in [2.05, 4.69) is 5.32 Å². The number of aliphatic hydroxyl groups is 1. The predicted molar refractivity (Wildman–Crippen MR) is 73.4 cm³/mol. The highest BCUT2D eigenvalue weighted by molar-refractivity contribution is 7.98. The zero-order valence-electron chi connectivity index (χ0n) is 10.3. The van der Waals surface area contributed by atoms with Gasteiger partial charge in [-0.3, -0.25) is 4.79 Å².